The molecule has 2 aromatic rings. The number of fused-ring (bicyclic) bond motifs is 1. The fraction of sp³-hybridized carbons (Fsp3) is 0.407. The molecule has 6 heteroatoms. The molecular formula is C27H25F5O. The number of alkyl halides is 3. The Morgan fingerprint density at radius 2 is 1.55 bits per heavy atom. The molecule has 0 aliphatic heterocycles. The van der Waals surface area contributed by atoms with E-state index in [0.29, 0.717) is 17.4 Å². The summed E-state index contributed by atoms with van der Waals surface area (Å²) >= 11 is 0. The summed E-state index contributed by atoms with van der Waals surface area (Å²) in [5.74, 6) is 3.58. The van der Waals surface area contributed by atoms with Gasteiger partial charge in [-0.15, -0.1) is 19.8 Å². The summed E-state index contributed by atoms with van der Waals surface area (Å²) in [6.07, 6.45) is 4.33. The first-order valence-corrected chi connectivity index (χ1v) is 11.2. The topological polar surface area (TPSA) is 9.23 Å². The van der Waals surface area contributed by atoms with Gasteiger partial charge in [0.05, 0.1) is 5.56 Å². The van der Waals surface area contributed by atoms with E-state index in [1.54, 1.807) is 0 Å². The average Bonchev–Trinajstić information content (AvgIpc) is 2.80. The Morgan fingerprint density at radius 1 is 0.848 bits per heavy atom. The molecule has 0 amide bonds. The van der Waals surface area contributed by atoms with Crippen LogP contribution < -0.4 is 4.74 Å². The van der Waals surface area contributed by atoms with Gasteiger partial charge in [-0.3, -0.25) is 0 Å². The maximum atomic E-state index is 14.1. The molecule has 2 saturated carbocycles. The SMILES string of the molecule is C=CC1CCC2CC(c3ccc(C#Cc4ccc(OC(F)(F)F)c(F)c4F)cc3)CCC2C1. The van der Waals surface area contributed by atoms with Crippen molar-refractivity contribution in [2.45, 2.75) is 50.8 Å². The van der Waals surface area contributed by atoms with Crippen molar-refractivity contribution < 1.29 is 26.7 Å². The van der Waals surface area contributed by atoms with Crippen molar-refractivity contribution in [3.63, 3.8) is 0 Å². The zero-order valence-electron chi connectivity index (χ0n) is 18.1. The molecule has 0 spiro atoms. The second-order valence-corrected chi connectivity index (χ2v) is 9.00. The van der Waals surface area contributed by atoms with Crippen LogP contribution in [0, 0.1) is 41.2 Å². The third-order valence-electron chi connectivity index (χ3n) is 6.98. The van der Waals surface area contributed by atoms with Crippen LogP contribution in [-0.4, -0.2) is 6.36 Å². The van der Waals surface area contributed by atoms with Crippen LogP contribution in [-0.2, 0) is 0 Å². The lowest BCUT2D eigenvalue weighted by Crippen LogP contribution is -2.29. The molecule has 1 nitrogen and oxygen atoms in total. The number of halogens is 5. The van der Waals surface area contributed by atoms with Gasteiger partial charge >= 0.3 is 6.36 Å². The Morgan fingerprint density at radius 3 is 2.24 bits per heavy atom. The lowest BCUT2D eigenvalue weighted by Gasteiger charge is -2.41. The molecule has 4 unspecified atom stereocenters. The van der Waals surface area contributed by atoms with Crippen molar-refractivity contribution in [3.8, 4) is 17.6 Å². The van der Waals surface area contributed by atoms with Crippen LogP contribution in [0.1, 0.15) is 61.1 Å². The van der Waals surface area contributed by atoms with Crippen LogP contribution in [0.4, 0.5) is 22.0 Å². The Labute approximate surface area is 190 Å². The van der Waals surface area contributed by atoms with Gasteiger partial charge in [-0.05, 0) is 92.0 Å². The van der Waals surface area contributed by atoms with Crippen LogP contribution in [0.15, 0.2) is 49.1 Å². The Hall–Kier alpha value is -2.81. The van der Waals surface area contributed by atoms with E-state index in [2.05, 4.69) is 29.2 Å². The Kier molecular flexibility index (Phi) is 6.78. The monoisotopic (exact) mass is 460 g/mol. The van der Waals surface area contributed by atoms with Crippen molar-refractivity contribution in [3.05, 3.63) is 77.4 Å². The predicted molar refractivity (Wildman–Crippen MR) is 117 cm³/mol. The number of allylic oxidation sites excluding steroid dienone is 1. The van der Waals surface area contributed by atoms with Crippen molar-refractivity contribution in [2.24, 2.45) is 17.8 Å². The molecule has 174 valence electrons. The van der Waals surface area contributed by atoms with E-state index in [1.807, 2.05) is 24.3 Å². The highest BCUT2D eigenvalue weighted by molar-refractivity contribution is 5.46. The number of benzene rings is 2. The molecule has 0 saturated heterocycles. The summed E-state index contributed by atoms with van der Waals surface area (Å²) in [4.78, 5) is 0. The number of hydrogen-bond donors (Lipinski definition) is 0. The average molecular weight is 460 g/mol. The normalized spacial score (nSPS) is 24.9. The van der Waals surface area contributed by atoms with Gasteiger partial charge in [0.1, 0.15) is 0 Å². The molecular weight excluding hydrogens is 435 g/mol. The largest absolute Gasteiger partial charge is 0.573 e. The minimum atomic E-state index is -5.10. The zero-order valence-corrected chi connectivity index (χ0v) is 18.1. The quantitative estimate of drug-likeness (QED) is 0.259. The predicted octanol–water partition coefficient (Wildman–Crippen LogP) is 7.75. The Bertz CT molecular complexity index is 1060. The van der Waals surface area contributed by atoms with E-state index in [9.17, 15) is 22.0 Å². The zero-order chi connectivity index (χ0) is 23.6. The minimum Gasteiger partial charge on any atom is -0.403 e. The van der Waals surface area contributed by atoms with E-state index >= 15 is 0 Å². The molecule has 33 heavy (non-hydrogen) atoms. The van der Waals surface area contributed by atoms with Crippen molar-refractivity contribution in [2.75, 3.05) is 0 Å². The molecule has 0 radical (unpaired) electrons. The van der Waals surface area contributed by atoms with E-state index in [1.165, 1.54) is 37.7 Å². The number of ether oxygens (including phenoxy) is 1. The highest BCUT2D eigenvalue weighted by atomic mass is 19.4. The second-order valence-electron chi connectivity index (χ2n) is 9.00. The summed E-state index contributed by atoms with van der Waals surface area (Å²) in [5, 5.41) is 0. The molecule has 2 aliphatic carbocycles. The first kappa shape index (κ1) is 23.4. The van der Waals surface area contributed by atoms with Gasteiger partial charge in [0.15, 0.2) is 11.6 Å². The molecule has 0 aromatic heterocycles. The van der Waals surface area contributed by atoms with Crippen LogP contribution in [0.2, 0.25) is 0 Å². The molecule has 4 rings (SSSR count). The minimum absolute atomic E-state index is 0.334. The van der Waals surface area contributed by atoms with Gasteiger partial charge in [-0.25, -0.2) is 4.39 Å². The highest BCUT2D eigenvalue weighted by Crippen LogP contribution is 2.47. The smallest absolute Gasteiger partial charge is 0.403 e. The van der Waals surface area contributed by atoms with Gasteiger partial charge in [-0.1, -0.05) is 30.0 Å². The van der Waals surface area contributed by atoms with Gasteiger partial charge in [0, 0.05) is 5.56 Å². The second kappa shape index (κ2) is 9.59. The molecule has 0 heterocycles. The summed E-state index contributed by atoms with van der Waals surface area (Å²) in [6.45, 7) is 3.96. The first-order chi connectivity index (χ1) is 15.7. The molecule has 0 bridgehead atoms. The number of rotatable bonds is 3. The van der Waals surface area contributed by atoms with Crippen molar-refractivity contribution in [1.29, 1.82) is 0 Å². The molecule has 0 N–H and O–H groups in total. The fourth-order valence-electron chi connectivity index (χ4n) is 5.25. The maximum Gasteiger partial charge on any atom is 0.573 e. The van der Waals surface area contributed by atoms with Crippen molar-refractivity contribution in [1.82, 2.24) is 0 Å². The van der Waals surface area contributed by atoms with Gasteiger partial charge in [0.25, 0.3) is 0 Å². The van der Waals surface area contributed by atoms with E-state index in [4.69, 9.17) is 0 Å². The summed E-state index contributed by atoms with van der Waals surface area (Å²) < 4.78 is 68.2. The fourth-order valence-corrected chi connectivity index (χ4v) is 5.25. The molecule has 2 fully saturated rings. The van der Waals surface area contributed by atoms with Gasteiger partial charge in [-0.2, -0.15) is 4.39 Å². The number of hydrogen-bond acceptors (Lipinski definition) is 1. The van der Waals surface area contributed by atoms with Gasteiger partial charge in [0.2, 0.25) is 5.82 Å². The van der Waals surface area contributed by atoms with E-state index < -0.39 is 23.7 Å². The van der Waals surface area contributed by atoms with Crippen molar-refractivity contribution >= 4 is 0 Å². The highest BCUT2D eigenvalue weighted by Gasteiger charge is 2.35. The summed E-state index contributed by atoms with van der Waals surface area (Å²) in [6, 6.07) is 9.44. The molecule has 4 atom stereocenters. The van der Waals surface area contributed by atoms with E-state index in [-0.39, 0.29) is 5.56 Å². The van der Waals surface area contributed by atoms with Crippen LogP contribution in [0.3, 0.4) is 0 Å². The Balaban J connectivity index is 1.42. The third-order valence-corrected chi connectivity index (χ3v) is 6.98. The molecule has 2 aliphatic rings. The standard InChI is InChI=1S/C27H25F5O/c1-2-17-3-10-23-16-22(12-11-21(23)15-17)19-7-4-18(5-8-19)6-9-20-13-14-24(26(29)25(20)28)33-27(30,31)32/h2,4-5,7-8,13-14,17,21-23H,1,3,10-12,15-16H2. The van der Waals surface area contributed by atoms with Crippen LogP contribution in [0.25, 0.3) is 0 Å². The van der Waals surface area contributed by atoms with Gasteiger partial charge < -0.3 is 4.74 Å². The molecule has 2 aromatic carbocycles. The van der Waals surface area contributed by atoms with E-state index in [0.717, 1.165) is 30.4 Å². The summed E-state index contributed by atoms with van der Waals surface area (Å²) in [5.41, 5.74) is 1.55. The lowest BCUT2D eigenvalue weighted by atomic mass is 9.64. The maximum absolute atomic E-state index is 14.1. The summed E-state index contributed by atoms with van der Waals surface area (Å²) in [7, 11) is 0. The van der Waals surface area contributed by atoms with Crippen LogP contribution in [0.5, 0.6) is 5.75 Å². The lowest BCUT2D eigenvalue weighted by molar-refractivity contribution is -0.275. The third kappa shape index (κ3) is 5.58. The van der Waals surface area contributed by atoms with Crippen LogP contribution >= 0.6 is 0 Å². The first-order valence-electron chi connectivity index (χ1n) is 11.2.